The molecule has 1 aliphatic rings. The van der Waals surface area contributed by atoms with Gasteiger partial charge in [-0.25, -0.2) is 13.4 Å². The number of hydrogen-bond acceptors (Lipinski definition) is 4. The summed E-state index contributed by atoms with van der Waals surface area (Å²) in [6.45, 7) is 5.08. The Morgan fingerprint density at radius 2 is 1.92 bits per heavy atom. The van der Waals surface area contributed by atoms with Gasteiger partial charge in [-0.2, -0.15) is 0 Å². The number of sulfone groups is 1. The van der Waals surface area contributed by atoms with Crippen LogP contribution in [0.4, 0.5) is 0 Å². The first kappa shape index (κ1) is 17.7. The van der Waals surface area contributed by atoms with E-state index in [4.69, 9.17) is 0 Å². The molecule has 2 aromatic rings. The van der Waals surface area contributed by atoms with Crippen LogP contribution >= 0.6 is 0 Å². The normalized spacial score (nSPS) is 15.4. The van der Waals surface area contributed by atoms with E-state index < -0.39 is 15.1 Å². The Balaban J connectivity index is 1.58. The van der Waals surface area contributed by atoms with Gasteiger partial charge in [0, 0.05) is 37.6 Å². The van der Waals surface area contributed by atoms with E-state index in [2.05, 4.69) is 4.98 Å². The molecule has 0 unspecified atom stereocenters. The minimum absolute atomic E-state index is 0.106. The third-order valence-corrected chi connectivity index (χ3v) is 6.78. The number of nitrogens with zero attached hydrogens (tertiary/aromatic N) is 3. The van der Waals surface area contributed by atoms with Gasteiger partial charge in [0.05, 0.1) is 17.3 Å². The molecular weight excluding hydrogens is 338 g/mol. The lowest BCUT2D eigenvalue weighted by molar-refractivity contribution is 0.0659. The number of likely N-dealkylation sites (tertiary alicyclic amines) is 1. The Morgan fingerprint density at radius 3 is 2.48 bits per heavy atom. The largest absolute Gasteiger partial charge is 0.336 e. The van der Waals surface area contributed by atoms with Crippen LogP contribution in [0.5, 0.6) is 0 Å². The Kier molecular flexibility index (Phi) is 4.94. The molecule has 0 N–H and O–H groups in total. The highest BCUT2D eigenvalue weighted by Gasteiger charge is 2.39. The maximum absolute atomic E-state index is 12.5. The average molecular weight is 361 g/mol. The van der Waals surface area contributed by atoms with Gasteiger partial charge in [0.25, 0.3) is 5.91 Å². The van der Waals surface area contributed by atoms with Gasteiger partial charge in [0.15, 0.2) is 9.84 Å². The van der Waals surface area contributed by atoms with E-state index in [1.807, 2.05) is 36.7 Å². The summed E-state index contributed by atoms with van der Waals surface area (Å²) in [4.78, 5) is 18.1. The smallest absolute Gasteiger partial charge is 0.253 e. The van der Waals surface area contributed by atoms with Gasteiger partial charge >= 0.3 is 0 Å². The Hall–Kier alpha value is -2.15. The molecule has 0 aliphatic carbocycles. The van der Waals surface area contributed by atoms with Crippen LogP contribution in [0.15, 0.2) is 43.0 Å². The van der Waals surface area contributed by atoms with Gasteiger partial charge in [-0.3, -0.25) is 4.79 Å². The molecule has 0 bridgehead atoms. The zero-order chi connectivity index (χ0) is 18.0. The fourth-order valence-electron chi connectivity index (χ4n) is 2.96. The van der Waals surface area contributed by atoms with Crippen LogP contribution in [0, 0.1) is 5.92 Å². The SMILES string of the molecule is CC(C)CS(=O)(=O)C1CN(C(=O)c2ccc(Cn3ccnc3)cc2)C1. The van der Waals surface area contributed by atoms with E-state index in [1.165, 1.54) is 0 Å². The van der Waals surface area contributed by atoms with Crippen LogP contribution in [0.1, 0.15) is 29.8 Å². The number of benzene rings is 1. The second-order valence-electron chi connectivity index (χ2n) is 6.99. The van der Waals surface area contributed by atoms with E-state index in [0.717, 1.165) is 5.56 Å². The molecule has 1 fully saturated rings. The lowest BCUT2D eigenvalue weighted by Crippen LogP contribution is -2.57. The average Bonchev–Trinajstić information content (AvgIpc) is 2.97. The van der Waals surface area contributed by atoms with Crippen LogP contribution in [0.2, 0.25) is 0 Å². The summed E-state index contributed by atoms with van der Waals surface area (Å²) in [5.74, 6) is 0.186. The topological polar surface area (TPSA) is 72.3 Å². The van der Waals surface area contributed by atoms with Crippen LogP contribution in [-0.2, 0) is 16.4 Å². The quantitative estimate of drug-likeness (QED) is 0.787. The van der Waals surface area contributed by atoms with Crippen molar-refractivity contribution in [2.75, 3.05) is 18.8 Å². The molecule has 25 heavy (non-hydrogen) atoms. The number of rotatable bonds is 6. The molecule has 1 amide bonds. The number of imidazole rings is 1. The molecule has 6 nitrogen and oxygen atoms in total. The minimum atomic E-state index is -3.11. The molecule has 0 atom stereocenters. The highest BCUT2D eigenvalue weighted by atomic mass is 32.2. The van der Waals surface area contributed by atoms with E-state index in [-0.39, 0.29) is 17.6 Å². The predicted molar refractivity (Wildman–Crippen MR) is 96.1 cm³/mol. The Morgan fingerprint density at radius 1 is 1.24 bits per heavy atom. The van der Waals surface area contributed by atoms with Gasteiger partial charge in [0.1, 0.15) is 0 Å². The highest BCUT2D eigenvalue weighted by Crippen LogP contribution is 2.21. The lowest BCUT2D eigenvalue weighted by Gasteiger charge is -2.39. The van der Waals surface area contributed by atoms with Crippen LogP contribution in [0.25, 0.3) is 0 Å². The molecule has 0 saturated carbocycles. The minimum Gasteiger partial charge on any atom is -0.336 e. The summed E-state index contributed by atoms with van der Waals surface area (Å²) in [5.41, 5.74) is 1.67. The van der Waals surface area contributed by atoms with Gasteiger partial charge in [-0.05, 0) is 23.6 Å². The van der Waals surface area contributed by atoms with Crippen LogP contribution < -0.4 is 0 Å². The fourth-order valence-corrected chi connectivity index (χ4v) is 4.97. The Labute approximate surface area is 148 Å². The molecule has 0 spiro atoms. The molecule has 1 aromatic heterocycles. The third kappa shape index (κ3) is 4.10. The van der Waals surface area contributed by atoms with E-state index in [0.29, 0.717) is 25.2 Å². The first-order valence-electron chi connectivity index (χ1n) is 8.40. The first-order valence-corrected chi connectivity index (χ1v) is 10.1. The summed E-state index contributed by atoms with van der Waals surface area (Å²) in [7, 11) is -3.11. The molecular formula is C18H23N3O3S. The van der Waals surface area contributed by atoms with Crippen molar-refractivity contribution in [1.82, 2.24) is 14.5 Å². The van der Waals surface area contributed by atoms with Crippen molar-refractivity contribution in [3.05, 3.63) is 54.1 Å². The number of carbonyl (C=O) groups is 1. The zero-order valence-electron chi connectivity index (χ0n) is 14.5. The lowest BCUT2D eigenvalue weighted by atomic mass is 10.1. The standard InChI is InChI=1S/C18H23N3O3S/c1-14(2)12-25(23,24)17-10-21(11-17)18(22)16-5-3-15(4-6-16)9-20-8-7-19-13-20/h3-8,13-14,17H,9-12H2,1-2H3. The molecule has 134 valence electrons. The summed E-state index contributed by atoms with van der Waals surface area (Å²) in [6, 6.07) is 7.43. The van der Waals surface area contributed by atoms with Crippen molar-refractivity contribution in [2.24, 2.45) is 5.92 Å². The number of amides is 1. The maximum Gasteiger partial charge on any atom is 0.253 e. The van der Waals surface area contributed by atoms with E-state index in [9.17, 15) is 13.2 Å². The van der Waals surface area contributed by atoms with Crippen molar-refractivity contribution >= 4 is 15.7 Å². The first-order chi connectivity index (χ1) is 11.8. The van der Waals surface area contributed by atoms with Gasteiger partial charge in [0.2, 0.25) is 0 Å². The Bertz CT molecular complexity index is 821. The molecule has 0 radical (unpaired) electrons. The molecule has 1 aliphatic heterocycles. The molecule has 2 heterocycles. The maximum atomic E-state index is 12.5. The molecule has 1 saturated heterocycles. The fraction of sp³-hybridized carbons (Fsp3) is 0.444. The van der Waals surface area contributed by atoms with Crippen molar-refractivity contribution in [3.8, 4) is 0 Å². The number of aromatic nitrogens is 2. The second kappa shape index (κ2) is 7.00. The summed E-state index contributed by atoms with van der Waals surface area (Å²) in [6.07, 6.45) is 5.36. The summed E-state index contributed by atoms with van der Waals surface area (Å²) < 4.78 is 26.3. The van der Waals surface area contributed by atoms with E-state index >= 15 is 0 Å². The zero-order valence-corrected chi connectivity index (χ0v) is 15.3. The van der Waals surface area contributed by atoms with Crippen LogP contribution in [0.3, 0.4) is 0 Å². The molecule has 1 aromatic carbocycles. The van der Waals surface area contributed by atoms with Gasteiger partial charge < -0.3 is 9.47 Å². The third-order valence-electron chi connectivity index (χ3n) is 4.33. The monoisotopic (exact) mass is 361 g/mol. The van der Waals surface area contributed by atoms with Crippen molar-refractivity contribution in [3.63, 3.8) is 0 Å². The number of carbonyl (C=O) groups excluding carboxylic acids is 1. The van der Waals surface area contributed by atoms with Gasteiger partial charge in [-0.15, -0.1) is 0 Å². The molecule has 7 heteroatoms. The second-order valence-corrected chi connectivity index (χ2v) is 9.31. The van der Waals surface area contributed by atoms with Crippen LogP contribution in [-0.4, -0.2) is 52.9 Å². The van der Waals surface area contributed by atoms with E-state index in [1.54, 1.807) is 29.6 Å². The predicted octanol–water partition coefficient (Wildman–Crippen LogP) is 1.83. The summed E-state index contributed by atoms with van der Waals surface area (Å²) >= 11 is 0. The van der Waals surface area contributed by atoms with Gasteiger partial charge in [-0.1, -0.05) is 26.0 Å². The number of hydrogen-bond donors (Lipinski definition) is 0. The molecule has 3 rings (SSSR count). The summed E-state index contributed by atoms with van der Waals surface area (Å²) in [5, 5.41) is -0.417. The van der Waals surface area contributed by atoms with Crippen molar-refractivity contribution < 1.29 is 13.2 Å². The highest BCUT2D eigenvalue weighted by molar-refractivity contribution is 7.92. The van der Waals surface area contributed by atoms with Crippen molar-refractivity contribution in [2.45, 2.75) is 25.6 Å². The van der Waals surface area contributed by atoms with Crippen molar-refractivity contribution in [1.29, 1.82) is 0 Å².